The maximum atomic E-state index is 8.79. The van der Waals surface area contributed by atoms with Crippen molar-refractivity contribution >= 4 is 15.9 Å². The summed E-state index contributed by atoms with van der Waals surface area (Å²) in [4.78, 5) is 7.42. The lowest BCUT2D eigenvalue weighted by molar-refractivity contribution is 0.298. The molecule has 1 aromatic heterocycles. The van der Waals surface area contributed by atoms with Crippen LogP contribution in [-0.4, -0.2) is 21.7 Å². The summed E-state index contributed by atoms with van der Waals surface area (Å²) in [6, 6.07) is 7.93. The Morgan fingerprint density at radius 2 is 2.27 bits per heavy atom. The molecule has 2 rings (SSSR count). The lowest BCUT2D eigenvalue weighted by atomic mass is 10.2. The van der Waals surface area contributed by atoms with Gasteiger partial charge in [0.25, 0.3) is 0 Å². The molecule has 1 heterocycles. The second-order valence-corrected chi connectivity index (χ2v) is 4.16. The van der Waals surface area contributed by atoms with E-state index in [9.17, 15) is 0 Å². The van der Waals surface area contributed by atoms with Crippen LogP contribution in [0.25, 0.3) is 11.4 Å². The molecule has 78 valence electrons. The number of halogens is 1. The van der Waals surface area contributed by atoms with Crippen LogP contribution in [0.2, 0.25) is 0 Å². The molecule has 3 nitrogen and oxygen atoms in total. The van der Waals surface area contributed by atoms with Gasteiger partial charge in [-0.1, -0.05) is 28.1 Å². The molecule has 0 fully saturated rings. The van der Waals surface area contributed by atoms with Gasteiger partial charge < -0.3 is 10.1 Å². The minimum atomic E-state index is 0.139. The van der Waals surface area contributed by atoms with E-state index in [1.54, 1.807) is 6.20 Å². The number of nitrogens with one attached hydrogen (secondary N) is 1. The first-order valence-corrected chi connectivity index (χ1v) is 5.49. The molecule has 0 unspecified atom stereocenters. The van der Waals surface area contributed by atoms with Crippen molar-refractivity contribution in [3.8, 4) is 11.4 Å². The molecule has 15 heavy (non-hydrogen) atoms. The summed E-state index contributed by atoms with van der Waals surface area (Å²) in [6.45, 7) is 0.139. The standard InChI is InChI=1S/C11H11BrN2O/c12-9-3-1-2-8(6-9)11-13-7-10(14-11)4-5-15/h1-3,6-7,15H,4-5H2,(H,13,14). The third kappa shape index (κ3) is 2.46. The number of aromatic nitrogens is 2. The third-order valence-corrected chi connectivity index (χ3v) is 2.60. The van der Waals surface area contributed by atoms with Crippen LogP contribution in [0.4, 0.5) is 0 Å². The fourth-order valence-electron chi connectivity index (χ4n) is 1.39. The summed E-state index contributed by atoms with van der Waals surface area (Å²) in [5, 5.41) is 8.79. The van der Waals surface area contributed by atoms with Gasteiger partial charge in [-0.25, -0.2) is 4.98 Å². The Balaban J connectivity index is 2.29. The van der Waals surface area contributed by atoms with Crippen LogP contribution < -0.4 is 0 Å². The maximum absolute atomic E-state index is 8.79. The predicted molar refractivity (Wildman–Crippen MR) is 62.5 cm³/mol. The van der Waals surface area contributed by atoms with E-state index in [4.69, 9.17) is 5.11 Å². The van der Waals surface area contributed by atoms with E-state index in [1.165, 1.54) is 0 Å². The van der Waals surface area contributed by atoms with Crippen LogP contribution in [-0.2, 0) is 6.42 Å². The molecular formula is C11H11BrN2O. The first-order valence-electron chi connectivity index (χ1n) is 4.70. The summed E-state index contributed by atoms with van der Waals surface area (Å²) < 4.78 is 1.03. The van der Waals surface area contributed by atoms with E-state index in [1.807, 2.05) is 24.3 Å². The van der Waals surface area contributed by atoms with Crippen LogP contribution in [0.3, 0.4) is 0 Å². The molecule has 0 saturated carbocycles. The summed E-state index contributed by atoms with van der Waals surface area (Å²) in [6.07, 6.45) is 2.37. The predicted octanol–water partition coefficient (Wildman–Crippen LogP) is 2.37. The van der Waals surface area contributed by atoms with Crippen molar-refractivity contribution in [2.45, 2.75) is 6.42 Å². The SMILES string of the molecule is OCCc1cnc(-c2cccc(Br)c2)[nH]1. The number of nitrogens with zero attached hydrogens (tertiary/aromatic N) is 1. The maximum Gasteiger partial charge on any atom is 0.137 e. The number of rotatable bonds is 3. The topological polar surface area (TPSA) is 48.9 Å². The van der Waals surface area contributed by atoms with E-state index in [0.29, 0.717) is 6.42 Å². The van der Waals surface area contributed by atoms with Gasteiger partial charge in [0.2, 0.25) is 0 Å². The van der Waals surface area contributed by atoms with Crippen LogP contribution in [0, 0.1) is 0 Å². The van der Waals surface area contributed by atoms with Gasteiger partial charge in [-0.3, -0.25) is 0 Å². The highest BCUT2D eigenvalue weighted by Gasteiger charge is 2.03. The number of imidazole rings is 1. The fourth-order valence-corrected chi connectivity index (χ4v) is 1.79. The Kier molecular flexibility index (Phi) is 3.18. The number of aliphatic hydroxyl groups is 1. The lowest BCUT2D eigenvalue weighted by Crippen LogP contribution is -1.90. The fraction of sp³-hybridized carbons (Fsp3) is 0.182. The van der Waals surface area contributed by atoms with E-state index in [-0.39, 0.29) is 6.61 Å². The quantitative estimate of drug-likeness (QED) is 0.896. The van der Waals surface area contributed by atoms with Gasteiger partial charge in [0.15, 0.2) is 0 Å². The molecule has 0 aliphatic rings. The highest BCUT2D eigenvalue weighted by molar-refractivity contribution is 9.10. The van der Waals surface area contributed by atoms with Crippen molar-refractivity contribution in [3.05, 3.63) is 40.6 Å². The zero-order valence-corrected chi connectivity index (χ0v) is 9.66. The Bertz CT molecular complexity index is 453. The van der Waals surface area contributed by atoms with Gasteiger partial charge in [0, 0.05) is 35.0 Å². The highest BCUT2D eigenvalue weighted by Crippen LogP contribution is 2.20. The molecule has 0 aliphatic carbocycles. The summed E-state index contributed by atoms with van der Waals surface area (Å²) >= 11 is 3.42. The van der Waals surface area contributed by atoms with Crippen molar-refractivity contribution in [1.29, 1.82) is 0 Å². The van der Waals surface area contributed by atoms with E-state index in [2.05, 4.69) is 25.9 Å². The van der Waals surface area contributed by atoms with E-state index < -0.39 is 0 Å². The minimum absolute atomic E-state index is 0.139. The molecule has 0 amide bonds. The van der Waals surface area contributed by atoms with Gasteiger partial charge in [0.1, 0.15) is 5.82 Å². The first kappa shape index (κ1) is 10.4. The Morgan fingerprint density at radius 1 is 1.40 bits per heavy atom. The molecule has 0 atom stereocenters. The molecule has 0 spiro atoms. The Labute approximate surface area is 96.3 Å². The monoisotopic (exact) mass is 266 g/mol. The Hall–Kier alpha value is -1.13. The molecule has 0 saturated heterocycles. The largest absolute Gasteiger partial charge is 0.396 e. The average molecular weight is 267 g/mol. The van der Waals surface area contributed by atoms with Crippen molar-refractivity contribution in [3.63, 3.8) is 0 Å². The van der Waals surface area contributed by atoms with Crippen molar-refractivity contribution in [1.82, 2.24) is 9.97 Å². The molecule has 2 aromatic rings. The molecule has 2 N–H and O–H groups in total. The number of aliphatic hydroxyl groups excluding tert-OH is 1. The number of H-pyrrole nitrogens is 1. The molecule has 0 bridgehead atoms. The highest BCUT2D eigenvalue weighted by atomic mass is 79.9. The van der Waals surface area contributed by atoms with Crippen LogP contribution >= 0.6 is 15.9 Å². The number of hydrogen-bond donors (Lipinski definition) is 2. The summed E-state index contributed by atoms with van der Waals surface area (Å²) in [5.74, 6) is 0.833. The summed E-state index contributed by atoms with van der Waals surface area (Å²) in [7, 11) is 0. The lowest BCUT2D eigenvalue weighted by Gasteiger charge is -1.97. The second-order valence-electron chi connectivity index (χ2n) is 3.24. The van der Waals surface area contributed by atoms with Gasteiger partial charge in [-0.15, -0.1) is 0 Å². The summed E-state index contributed by atoms with van der Waals surface area (Å²) in [5.41, 5.74) is 1.99. The zero-order valence-electron chi connectivity index (χ0n) is 8.07. The minimum Gasteiger partial charge on any atom is -0.396 e. The smallest absolute Gasteiger partial charge is 0.137 e. The zero-order chi connectivity index (χ0) is 10.7. The van der Waals surface area contributed by atoms with E-state index >= 15 is 0 Å². The number of benzene rings is 1. The first-order chi connectivity index (χ1) is 7.29. The number of hydrogen-bond acceptors (Lipinski definition) is 2. The van der Waals surface area contributed by atoms with Crippen LogP contribution in [0.5, 0.6) is 0 Å². The van der Waals surface area contributed by atoms with Gasteiger partial charge in [-0.2, -0.15) is 0 Å². The van der Waals surface area contributed by atoms with Gasteiger partial charge in [0.05, 0.1) is 0 Å². The Morgan fingerprint density at radius 3 is 3.00 bits per heavy atom. The third-order valence-electron chi connectivity index (χ3n) is 2.11. The van der Waals surface area contributed by atoms with Crippen molar-refractivity contribution in [2.75, 3.05) is 6.61 Å². The van der Waals surface area contributed by atoms with Crippen molar-refractivity contribution in [2.24, 2.45) is 0 Å². The van der Waals surface area contributed by atoms with Gasteiger partial charge in [-0.05, 0) is 12.1 Å². The average Bonchev–Trinajstić information content (AvgIpc) is 2.67. The van der Waals surface area contributed by atoms with Gasteiger partial charge >= 0.3 is 0 Å². The second kappa shape index (κ2) is 4.59. The molecule has 0 radical (unpaired) electrons. The van der Waals surface area contributed by atoms with Crippen LogP contribution in [0.15, 0.2) is 34.9 Å². The molecular weight excluding hydrogens is 256 g/mol. The van der Waals surface area contributed by atoms with E-state index in [0.717, 1.165) is 21.6 Å². The molecule has 0 aliphatic heterocycles. The normalized spacial score (nSPS) is 10.5. The number of aromatic amines is 1. The molecule has 4 heteroatoms. The van der Waals surface area contributed by atoms with Crippen molar-refractivity contribution < 1.29 is 5.11 Å². The molecule has 1 aromatic carbocycles. The van der Waals surface area contributed by atoms with Crippen LogP contribution in [0.1, 0.15) is 5.69 Å².